The van der Waals surface area contributed by atoms with E-state index in [4.69, 9.17) is 4.74 Å². The number of carbonyl (C=O) groups excluding carboxylic acids is 4. The van der Waals surface area contributed by atoms with Gasteiger partial charge in [0, 0.05) is 0 Å². The maximum absolute atomic E-state index is 12.9. The third-order valence-electron chi connectivity index (χ3n) is 5.45. The van der Waals surface area contributed by atoms with Crippen molar-refractivity contribution in [2.75, 3.05) is 6.61 Å². The van der Waals surface area contributed by atoms with Crippen LogP contribution in [0, 0.1) is 16.2 Å². The van der Waals surface area contributed by atoms with E-state index in [-0.39, 0.29) is 5.41 Å². The van der Waals surface area contributed by atoms with E-state index in [2.05, 4.69) is 20.8 Å². The van der Waals surface area contributed by atoms with Gasteiger partial charge in [0.2, 0.25) is 0 Å². The maximum Gasteiger partial charge on any atom is 0.434 e. The smallest absolute Gasteiger partial charge is 0.434 e. The topological polar surface area (TPSA) is 105 Å². The Morgan fingerprint density at radius 1 is 0.789 bits per heavy atom. The Labute approximate surface area is 217 Å². The number of ether oxygens (including phenoxy) is 4. The van der Waals surface area contributed by atoms with Crippen molar-refractivity contribution in [1.29, 1.82) is 0 Å². The molecule has 0 N–H and O–H groups in total. The number of halogens is 6. The average Bonchev–Trinajstić information content (AvgIpc) is 2.69. The van der Waals surface area contributed by atoms with Crippen molar-refractivity contribution in [2.45, 2.75) is 92.5 Å². The highest BCUT2D eigenvalue weighted by Crippen LogP contribution is 2.47. The summed E-state index contributed by atoms with van der Waals surface area (Å²) in [7, 11) is 0. The Kier molecular flexibility index (Phi) is 11.5. The lowest BCUT2D eigenvalue weighted by Gasteiger charge is -2.43. The maximum atomic E-state index is 12.9. The minimum Gasteiger partial charge on any atom is -0.455 e. The fourth-order valence-electron chi connectivity index (χ4n) is 3.14. The molecule has 0 saturated carbocycles. The second-order valence-corrected chi connectivity index (χ2v) is 11.0. The second-order valence-electron chi connectivity index (χ2n) is 11.0. The Hall–Kier alpha value is -2.80. The van der Waals surface area contributed by atoms with Crippen LogP contribution in [0.15, 0.2) is 12.7 Å². The van der Waals surface area contributed by atoms with Crippen LogP contribution in [0.2, 0.25) is 0 Å². The van der Waals surface area contributed by atoms with Crippen LogP contribution in [0.25, 0.3) is 0 Å². The second kappa shape index (κ2) is 12.4. The number of esters is 4. The number of rotatable bonds is 10. The van der Waals surface area contributed by atoms with Gasteiger partial charge in [0.1, 0.15) is 6.10 Å². The quantitative estimate of drug-likeness (QED) is 0.119. The minimum atomic E-state index is -6.10. The van der Waals surface area contributed by atoms with Gasteiger partial charge in [0.15, 0.2) is 6.61 Å². The van der Waals surface area contributed by atoms with Crippen LogP contribution in [-0.4, -0.2) is 61.1 Å². The molecule has 3 atom stereocenters. The first kappa shape index (κ1) is 35.2. The number of carbonyl (C=O) groups is 4. The van der Waals surface area contributed by atoms with Gasteiger partial charge in [-0.05, 0) is 31.1 Å². The summed E-state index contributed by atoms with van der Waals surface area (Å²) in [6.07, 6.45) is -19.7. The molecule has 0 aromatic carbocycles. The van der Waals surface area contributed by atoms with Gasteiger partial charge in [0.05, 0.1) is 5.41 Å². The summed E-state index contributed by atoms with van der Waals surface area (Å²) in [6.45, 7) is 15.6. The lowest BCUT2D eigenvalue weighted by atomic mass is 9.61. The van der Waals surface area contributed by atoms with Crippen molar-refractivity contribution in [3.8, 4) is 0 Å². The molecule has 3 unspecified atom stereocenters. The Morgan fingerprint density at radius 2 is 1.24 bits per heavy atom. The van der Waals surface area contributed by atoms with Gasteiger partial charge in [-0.15, -0.1) is 0 Å². The van der Waals surface area contributed by atoms with Crippen molar-refractivity contribution in [3.63, 3.8) is 0 Å². The van der Waals surface area contributed by atoms with Crippen molar-refractivity contribution >= 4 is 23.9 Å². The molecule has 14 heteroatoms. The predicted octanol–water partition coefficient (Wildman–Crippen LogP) is 5.08. The van der Waals surface area contributed by atoms with E-state index in [1.807, 2.05) is 20.8 Å². The summed E-state index contributed by atoms with van der Waals surface area (Å²) in [5, 5.41) is 0. The molecule has 0 radical (unpaired) electrons. The molecular weight excluding hydrogens is 530 g/mol. The van der Waals surface area contributed by atoms with Gasteiger partial charge >= 0.3 is 36.2 Å². The molecule has 0 amide bonds. The fourth-order valence-corrected chi connectivity index (χ4v) is 3.14. The predicted molar refractivity (Wildman–Crippen MR) is 120 cm³/mol. The summed E-state index contributed by atoms with van der Waals surface area (Å²) in [5.41, 5.74) is -2.20. The Bertz CT molecular complexity index is 868. The lowest BCUT2D eigenvalue weighted by Crippen LogP contribution is -2.49. The highest BCUT2D eigenvalue weighted by molar-refractivity contribution is 6.00. The molecule has 38 heavy (non-hydrogen) atoms. The highest BCUT2D eigenvalue weighted by Gasteiger charge is 2.61. The van der Waals surface area contributed by atoms with Crippen LogP contribution in [-0.2, 0) is 38.1 Å². The summed E-state index contributed by atoms with van der Waals surface area (Å²) in [4.78, 5) is 49.6. The van der Waals surface area contributed by atoms with Crippen LogP contribution in [0.4, 0.5) is 26.3 Å². The average molecular weight is 565 g/mol. The molecule has 8 nitrogen and oxygen atoms in total. The molecule has 0 heterocycles. The molecule has 0 aromatic rings. The zero-order valence-electron chi connectivity index (χ0n) is 22.5. The molecule has 0 fully saturated rings. The molecule has 0 spiro atoms. The molecule has 0 aromatic heterocycles. The summed E-state index contributed by atoms with van der Waals surface area (Å²) in [6, 6.07) is 0. The third-order valence-corrected chi connectivity index (χ3v) is 5.45. The molecule has 0 bridgehead atoms. The first-order chi connectivity index (χ1) is 16.8. The van der Waals surface area contributed by atoms with Gasteiger partial charge in [0.25, 0.3) is 12.2 Å². The lowest BCUT2D eigenvalue weighted by molar-refractivity contribution is -0.315. The van der Waals surface area contributed by atoms with E-state index < -0.39 is 72.0 Å². The van der Waals surface area contributed by atoms with E-state index in [1.54, 1.807) is 27.7 Å². The van der Waals surface area contributed by atoms with Gasteiger partial charge in [-0.2, -0.15) is 26.3 Å². The zero-order chi connectivity index (χ0) is 30.5. The fraction of sp³-hybridized carbons (Fsp3) is 0.750. The van der Waals surface area contributed by atoms with Crippen molar-refractivity contribution in [2.24, 2.45) is 16.2 Å². The van der Waals surface area contributed by atoms with Crippen molar-refractivity contribution in [3.05, 3.63) is 12.7 Å². The monoisotopic (exact) mass is 564 g/mol. The van der Waals surface area contributed by atoms with Gasteiger partial charge < -0.3 is 18.9 Å². The van der Waals surface area contributed by atoms with Gasteiger partial charge in [-0.3, -0.25) is 4.79 Å². The summed E-state index contributed by atoms with van der Waals surface area (Å²) in [5.74, 6) is -6.84. The largest absolute Gasteiger partial charge is 0.455 e. The van der Waals surface area contributed by atoms with Crippen molar-refractivity contribution in [1.82, 2.24) is 0 Å². The van der Waals surface area contributed by atoms with Crippen LogP contribution in [0.1, 0.15) is 61.8 Å². The molecule has 0 saturated heterocycles. The van der Waals surface area contributed by atoms with Crippen LogP contribution >= 0.6 is 0 Å². The number of hydrogen-bond acceptors (Lipinski definition) is 8. The minimum absolute atomic E-state index is 0.300. The Morgan fingerprint density at radius 3 is 1.61 bits per heavy atom. The SMILES string of the molecule is C=CC(C)OC(=O)C(OC(=O)COC(=O)C(C)(CC(C)(C)C)C(C)(C)C)C(=O)OC(C(F)(F)F)C(F)(F)F. The van der Waals surface area contributed by atoms with Crippen LogP contribution < -0.4 is 0 Å². The molecule has 0 aliphatic carbocycles. The molecule has 0 rings (SSSR count). The van der Waals surface area contributed by atoms with Gasteiger partial charge in [-0.25, -0.2) is 14.4 Å². The first-order valence-corrected chi connectivity index (χ1v) is 11.3. The normalized spacial score (nSPS) is 16.1. The van der Waals surface area contributed by atoms with Crippen LogP contribution in [0.3, 0.4) is 0 Å². The van der Waals surface area contributed by atoms with E-state index in [9.17, 15) is 45.5 Å². The number of hydrogen-bond donors (Lipinski definition) is 0. The summed E-state index contributed by atoms with van der Waals surface area (Å²) >= 11 is 0. The molecular formula is C24H34F6O8. The van der Waals surface area contributed by atoms with E-state index in [1.165, 1.54) is 6.92 Å². The summed E-state index contributed by atoms with van der Waals surface area (Å²) < 4.78 is 94.4. The molecule has 0 aliphatic heterocycles. The van der Waals surface area contributed by atoms with E-state index in [0.717, 1.165) is 6.08 Å². The highest BCUT2D eigenvalue weighted by atomic mass is 19.4. The first-order valence-electron chi connectivity index (χ1n) is 11.3. The van der Waals surface area contributed by atoms with Crippen molar-refractivity contribution < 1.29 is 64.5 Å². The zero-order valence-corrected chi connectivity index (χ0v) is 22.5. The van der Waals surface area contributed by atoms with Crippen LogP contribution in [0.5, 0.6) is 0 Å². The third kappa shape index (κ3) is 10.5. The van der Waals surface area contributed by atoms with E-state index in [0.29, 0.717) is 6.42 Å². The molecule has 220 valence electrons. The molecule has 0 aliphatic rings. The standard InChI is InChI=1S/C24H34F6O8/c1-10-13(2)36-16(32)15(17(33)38-18(23(25,26)27)24(28,29)30)37-14(31)11-35-19(34)22(9,21(6,7)8)12-20(3,4)5/h10,13,15,18H,1,11-12H2,2-9H3. The van der Waals surface area contributed by atoms with E-state index >= 15 is 0 Å². The Balaban J connectivity index is 5.86. The van der Waals surface area contributed by atoms with Gasteiger partial charge in [-0.1, -0.05) is 54.2 Å². The number of alkyl halides is 6.